The van der Waals surface area contributed by atoms with Crippen molar-refractivity contribution in [3.63, 3.8) is 0 Å². The van der Waals surface area contributed by atoms with Gasteiger partial charge in [-0.15, -0.1) is 0 Å². The van der Waals surface area contributed by atoms with E-state index in [-0.39, 0.29) is 16.5 Å². The first-order chi connectivity index (χ1) is 16.0. The molecule has 1 N–H and O–H groups in total. The van der Waals surface area contributed by atoms with Crippen molar-refractivity contribution in [1.82, 2.24) is 0 Å². The Labute approximate surface area is 199 Å². The lowest BCUT2D eigenvalue weighted by molar-refractivity contribution is -0.117. The van der Waals surface area contributed by atoms with Crippen LogP contribution in [0.25, 0.3) is 0 Å². The normalized spacial score (nSPS) is 16.9. The van der Waals surface area contributed by atoms with Crippen LogP contribution < -0.4 is 10.2 Å². The predicted molar refractivity (Wildman–Crippen MR) is 128 cm³/mol. The Morgan fingerprint density at radius 3 is 2.48 bits per heavy atom. The van der Waals surface area contributed by atoms with Crippen LogP contribution in [-0.2, 0) is 16.0 Å². The van der Waals surface area contributed by atoms with E-state index >= 15 is 0 Å². The molecule has 1 aliphatic heterocycles. The van der Waals surface area contributed by atoms with Crippen molar-refractivity contribution in [2.45, 2.75) is 11.7 Å². The molecule has 1 saturated heterocycles. The van der Waals surface area contributed by atoms with Crippen molar-refractivity contribution < 1.29 is 14.0 Å². The molecule has 1 aliphatic rings. The largest absolute Gasteiger partial charge is 0.321 e. The standard InChI is InChI=1S/C25H17ClFN3O2S/c26-17-6-4-5-16(13-17)14-22-24(32)30(20-11-9-18(27)10-12-20)25(33-22)21(15-28)23(31)29-19-7-2-1-3-8-19/h1-13,22H,14H2,(H,29,31)/b25-21-/t22-/m1/s1. The maximum atomic E-state index is 13.5. The Morgan fingerprint density at radius 2 is 1.82 bits per heavy atom. The van der Waals surface area contributed by atoms with E-state index in [0.29, 0.717) is 22.8 Å². The number of amides is 2. The molecule has 3 aromatic rings. The zero-order chi connectivity index (χ0) is 23.4. The van der Waals surface area contributed by atoms with Gasteiger partial charge in [-0.1, -0.05) is 53.7 Å². The van der Waals surface area contributed by atoms with Gasteiger partial charge in [-0.3, -0.25) is 14.5 Å². The Balaban J connectivity index is 1.73. The summed E-state index contributed by atoms with van der Waals surface area (Å²) in [6.45, 7) is 0. The summed E-state index contributed by atoms with van der Waals surface area (Å²) in [6, 6.07) is 23.2. The number of hydrogen-bond donors (Lipinski definition) is 1. The third-order valence-corrected chi connectivity index (χ3v) is 6.43. The van der Waals surface area contributed by atoms with E-state index in [1.54, 1.807) is 42.5 Å². The van der Waals surface area contributed by atoms with Crippen LogP contribution in [0.2, 0.25) is 5.02 Å². The fourth-order valence-electron chi connectivity index (χ4n) is 3.41. The first-order valence-electron chi connectivity index (χ1n) is 9.97. The van der Waals surface area contributed by atoms with E-state index in [1.165, 1.54) is 29.2 Å². The van der Waals surface area contributed by atoms with E-state index in [2.05, 4.69) is 5.32 Å². The van der Waals surface area contributed by atoms with Gasteiger partial charge in [0.15, 0.2) is 0 Å². The lowest BCUT2D eigenvalue weighted by Crippen LogP contribution is -2.30. The highest BCUT2D eigenvalue weighted by atomic mass is 35.5. The number of benzene rings is 3. The molecule has 0 unspecified atom stereocenters. The Kier molecular flexibility index (Phi) is 6.78. The van der Waals surface area contributed by atoms with Crippen molar-refractivity contribution >= 4 is 46.6 Å². The molecule has 1 heterocycles. The summed E-state index contributed by atoms with van der Waals surface area (Å²) in [5.74, 6) is -1.39. The summed E-state index contributed by atoms with van der Waals surface area (Å²) in [4.78, 5) is 27.7. The van der Waals surface area contributed by atoms with Crippen molar-refractivity contribution in [3.05, 3.63) is 106 Å². The van der Waals surface area contributed by atoms with Gasteiger partial charge in [0, 0.05) is 16.4 Å². The number of para-hydroxylation sites is 1. The minimum absolute atomic E-state index is 0.199. The van der Waals surface area contributed by atoms with E-state index in [1.807, 2.05) is 18.2 Å². The van der Waals surface area contributed by atoms with Crippen LogP contribution in [-0.4, -0.2) is 17.1 Å². The highest BCUT2D eigenvalue weighted by Gasteiger charge is 2.40. The van der Waals surface area contributed by atoms with Crippen LogP contribution >= 0.6 is 23.4 Å². The van der Waals surface area contributed by atoms with Crippen molar-refractivity contribution in [3.8, 4) is 6.07 Å². The molecule has 0 aliphatic carbocycles. The summed E-state index contributed by atoms with van der Waals surface area (Å²) in [5.41, 5.74) is 1.54. The lowest BCUT2D eigenvalue weighted by atomic mass is 10.1. The summed E-state index contributed by atoms with van der Waals surface area (Å²) >= 11 is 7.22. The highest BCUT2D eigenvalue weighted by molar-refractivity contribution is 8.05. The van der Waals surface area contributed by atoms with Gasteiger partial charge in [-0.25, -0.2) is 4.39 Å². The first kappa shape index (κ1) is 22.6. The second-order valence-electron chi connectivity index (χ2n) is 7.20. The summed E-state index contributed by atoms with van der Waals surface area (Å²) < 4.78 is 13.5. The van der Waals surface area contributed by atoms with Crippen molar-refractivity contribution in [1.29, 1.82) is 5.26 Å². The van der Waals surface area contributed by atoms with E-state index < -0.39 is 17.0 Å². The van der Waals surface area contributed by atoms with Gasteiger partial charge in [0.05, 0.1) is 5.25 Å². The Bertz CT molecular complexity index is 1270. The summed E-state index contributed by atoms with van der Waals surface area (Å²) in [5, 5.41) is 12.7. The molecule has 0 radical (unpaired) electrons. The SMILES string of the molecule is N#C/C(C(=O)Nc1ccccc1)=C1/S[C@H](Cc2cccc(Cl)c2)C(=O)N1c1ccc(F)cc1. The maximum Gasteiger partial charge on any atom is 0.269 e. The number of rotatable bonds is 5. The molecule has 1 fully saturated rings. The number of halogens is 2. The number of nitrogens with zero attached hydrogens (tertiary/aromatic N) is 2. The molecule has 33 heavy (non-hydrogen) atoms. The van der Waals surface area contributed by atoms with Gasteiger partial charge in [-0.2, -0.15) is 5.26 Å². The number of anilines is 2. The molecule has 164 valence electrons. The number of carbonyl (C=O) groups is 2. The highest BCUT2D eigenvalue weighted by Crippen LogP contribution is 2.42. The van der Waals surface area contributed by atoms with Gasteiger partial charge in [0.2, 0.25) is 5.91 Å². The molecule has 5 nitrogen and oxygen atoms in total. The zero-order valence-electron chi connectivity index (χ0n) is 17.2. The third kappa shape index (κ3) is 5.08. The molecular formula is C25H17ClFN3O2S. The van der Waals surface area contributed by atoms with Crippen LogP contribution in [0.5, 0.6) is 0 Å². The Morgan fingerprint density at radius 1 is 1.09 bits per heavy atom. The van der Waals surface area contributed by atoms with E-state index in [9.17, 15) is 19.2 Å². The second-order valence-corrected chi connectivity index (χ2v) is 8.83. The molecule has 8 heteroatoms. The fraction of sp³-hybridized carbons (Fsp3) is 0.0800. The second kappa shape index (κ2) is 9.90. The number of thioether (sulfide) groups is 1. The molecule has 3 aromatic carbocycles. The van der Waals surface area contributed by atoms with E-state index in [0.717, 1.165) is 17.3 Å². The lowest BCUT2D eigenvalue weighted by Gasteiger charge is -2.18. The third-order valence-electron chi connectivity index (χ3n) is 4.93. The first-order valence-corrected chi connectivity index (χ1v) is 11.2. The van der Waals surface area contributed by atoms with Crippen molar-refractivity contribution in [2.24, 2.45) is 0 Å². The quantitative estimate of drug-likeness (QED) is 0.386. The summed E-state index contributed by atoms with van der Waals surface area (Å²) in [7, 11) is 0. The molecular weight excluding hydrogens is 461 g/mol. The average Bonchev–Trinajstić information content (AvgIpc) is 3.11. The Hall–Kier alpha value is -3.60. The minimum Gasteiger partial charge on any atom is -0.321 e. The van der Waals surface area contributed by atoms with Crippen LogP contribution in [0.1, 0.15) is 5.56 Å². The minimum atomic E-state index is -0.630. The van der Waals surface area contributed by atoms with E-state index in [4.69, 9.17) is 11.6 Å². The molecule has 0 spiro atoms. The predicted octanol–water partition coefficient (Wildman–Crippen LogP) is 5.54. The van der Waals surface area contributed by atoms with Crippen molar-refractivity contribution in [2.75, 3.05) is 10.2 Å². The number of carbonyl (C=O) groups excluding carboxylic acids is 2. The van der Waals surface area contributed by atoms with Gasteiger partial charge in [0.1, 0.15) is 22.5 Å². The number of hydrogen-bond acceptors (Lipinski definition) is 4. The van der Waals surface area contributed by atoms with Crippen LogP contribution in [0.3, 0.4) is 0 Å². The van der Waals surface area contributed by atoms with Gasteiger partial charge >= 0.3 is 0 Å². The number of nitriles is 1. The molecule has 0 aromatic heterocycles. The zero-order valence-corrected chi connectivity index (χ0v) is 18.7. The molecule has 2 amide bonds. The van der Waals surface area contributed by atoms with Crippen LogP contribution in [0.15, 0.2) is 89.5 Å². The topological polar surface area (TPSA) is 73.2 Å². The molecule has 0 bridgehead atoms. The van der Waals surface area contributed by atoms with Gasteiger partial charge in [0.25, 0.3) is 5.91 Å². The van der Waals surface area contributed by atoms with Gasteiger partial charge < -0.3 is 5.32 Å². The monoisotopic (exact) mass is 477 g/mol. The van der Waals surface area contributed by atoms with Crippen LogP contribution in [0, 0.1) is 17.1 Å². The fourth-order valence-corrected chi connectivity index (χ4v) is 4.93. The smallest absolute Gasteiger partial charge is 0.269 e. The molecule has 4 rings (SSSR count). The molecule has 1 atom stereocenters. The summed E-state index contributed by atoms with van der Waals surface area (Å²) in [6.07, 6.45) is 0.351. The average molecular weight is 478 g/mol. The van der Waals surface area contributed by atoms with Crippen LogP contribution in [0.4, 0.5) is 15.8 Å². The maximum absolute atomic E-state index is 13.5. The van der Waals surface area contributed by atoms with Gasteiger partial charge in [-0.05, 0) is 60.5 Å². The number of nitrogens with one attached hydrogen (secondary N) is 1. The molecule has 0 saturated carbocycles.